The molecule has 0 aromatic carbocycles. The summed E-state index contributed by atoms with van der Waals surface area (Å²) in [6.07, 6.45) is 5.07. The van der Waals surface area contributed by atoms with Crippen molar-refractivity contribution in [2.75, 3.05) is 0 Å². The van der Waals surface area contributed by atoms with Crippen molar-refractivity contribution < 1.29 is 5.73 Å². The van der Waals surface area contributed by atoms with Crippen molar-refractivity contribution in [3.05, 3.63) is 0 Å². The minimum atomic E-state index is 0.392. The molecule has 0 aromatic rings. The third-order valence-corrected chi connectivity index (χ3v) is 1.97. The van der Waals surface area contributed by atoms with Gasteiger partial charge < -0.3 is 11.5 Å². The van der Waals surface area contributed by atoms with Crippen LogP contribution in [0.2, 0.25) is 0 Å². The van der Waals surface area contributed by atoms with Crippen LogP contribution >= 0.6 is 0 Å². The van der Waals surface area contributed by atoms with Crippen molar-refractivity contribution in [3.8, 4) is 0 Å². The van der Waals surface area contributed by atoms with Crippen LogP contribution in [-0.4, -0.2) is 12.1 Å². The van der Waals surface area contributed by atoms with Gasteiger partial charge >= 0.3 is 0 Å². The largest absolute Gasteiger partial charge is 0.354 e. The predicted molar refractivity (Wildman–Crippen MR) is 33.1 cm³/mol. The van der Waals surface area contributed by atoms with Gasteiger partial charge in [0.1, 0.15) is 0 Å². The Morgan fingerprint density at radius 2 is 1.88 bits per heavy atom. The van der Waals surface area contributed by atoms with Gasteiger partial charge in [0.05, 0.1) is 12.1 Å². The first kappa shape index (κ1) is 6.05. The van der Waals surface area contributed by atoms with Crippen LogP contribution < -0.4 is 11.5 Å². The van der Waals surface area contributed by atoms with Crippen LogP contribution in [0.5, 0.6) is 0 Å². The van der Waals surface area contributed by atoms with E-state index in [1.807, 2.05) is 0 Å². The van der Waals surface area contributed by atoms with Crippen LogP contribution in [0.25, 0.3) is 0 Å². The first-order valence-electron chi connectivity index (χ1n) is 3.39. The Morgan fingerprint density at radius 1 is 1.25 bits per heavy atom. The zero-order valence-corrected chi connectivity index (χ0v) is 5.27. The van der Waals surface area contributed by atoms with Crippen LogP contribution in [-0.2, 0) is 0 Å². The molecule has 0 bridgehead atoms. The second-order valence-corrected chi connectivity index (χ2v) is 2.71. The third-order valence-electron chi connectivity index (χ3n) is 1.97. The highest BCUT2D eigenvalue weighted by Crippen LogP contribution is 2.13. The fourth-order valence-corrected chi connectivity index (χ4v) is 1.24. The summed E-state index contributed by atoms with van der Waals surface area (Å²) in [5, 5.41) is 0. The standard InChI is InChI=1S/C6H14N2/c7-5-3-1-2-4-6(5)8/h5-6H,1-4,7-8H2/p+1/t5-,6-/m1/s1. The van der Waals surface area contributed by atoms with Crippen LogP contribution in [0.15, 0.2) is 0 Å². The summed E-state index contributed by atoms with van der Waals surface area (Å²) < 4.78 is 0. The van der Waals surface area contributed by atoms with Crippen LogP contribution in [0.1, 0.15) is 25.7 Å². The number of quaternary nitrogens is 1. The van der Waals surface area contributed by atoms with E-state index in [9.17, 15) is 0 Å². The molecule has 0 spiro atoms. The Bertz CT molecular complexity index is 62.9. The molecular formula is C6H15N2+. The van der Waals surface area contributed by atoms with Crippen molar-refractivity contribution in [3.63, 3.8) is 0 Å². The van der Waals surface area contributed by atoms with E-state index in [4.69, 9.17) is 5.73 Å². The Hall–Kier alpha value is -0.0800. The summed E-state index contributed by atoms with van der Waals surface area (Å²) >= 11 is 0. The molecule has 0 amide bonds. The normalized spacial score (nSPS) is 39.8. The molecule has 2 atom stereocenters. The maximum atomic E-state index is 5.72. The lowest BCUT2D eigenvalue weighted by Crippen LogP contribution is -2.69. The quantitative estimate of drug-likeness (QED) is 0.439. The monoisotopic (exact) mass is 115 g/mol. The average molecular weight is 115 g/mol. The third kappa shape index (κ3) is 1.20. The van der Waals surface area contributed by atoms with Crippen LogP contribution in [0, 0.1) is 0 Å². The Morgan fingerprint density at radius 3 is 2.25 bits per heavy atom. The van der Waals surface area contributed by atoms with Gasteiger partial charge in [-0.15, -0.1) is 0 Å². The van der Waals surface area contributed by atoms with Gasteiger partial charge in [0.15, 0.2) is 0 Å². The second-order valence-electron chi connectivity index (χ2n) is 2.71. The maximum absolute atomic E-state index is 5.72. The summed E-state index contributed by atoms with van der Waals surface area (Å²) in [5.74, 6) is 0. The van der Waals surface area contributed by atoms with E-state index in [0.29, 0.717) is 12.1 Å². The first-order valence-corrected chi connectivity index (χ1v) is 3.39. The molecule has 0 aliphatic heterocycles. The highest BCUT2D eigenvalue weighted by molar-refractivity contribution is 4.75. The minimum Gasteiger partial charge on any atom is -0.354 e. The van der Waals surface area contributed by atoms with E-state index >= 15 is 0 Å². The van der Waals surface area contributed by atoms with E-state index in [2.05, 4.69) is 5.73 Å². The first-order chi connectivity index (χ1) is 3.80. The Balaban J connectivity index is 2.28. The maximum Gasteiger partial charge on any atom is 0.0996 e. The van der Waals surface area contributed by atoms with Gasteiger partial charge in [-0.3, -0.25) is 0 Å². The molecule has 48 valence electrons. The summed E-state index contributed by atoms with van der Waals surface area (Å²) in [7, 11) is 0. The van der Waals surface area contributed by atoms with Crippen LogP contribution in [0.4, 0.5) is 0 Å². The van der Waals surface area contributed by atoms with E-state index in [0.717, 1.165) is 0 Å². The summed E-state index contributed by atoms with van der Waals surface area (Å²) in [6, 6.07) is 0.924. The van der Waals surface area contributed by atoms with Crippen molar-refractivity contribution in [2.45, 2.75) is 37.8 Å². The Labute approximate surface area is 50.2 Å². The highest BCUT2D eigenvalue weighted by Gasteiger charge is 2.19. The van der Waals surface area contributed by atoms with E-state index < -0.39 is 0 Å². The lowest BCUT2D eigenvalue weighted by Gasteiger charge is -2.21. The molecule has 2 nitrogen and oxygen atoms in total. The Kier molecular flexibility index (Phi) is 1.86. The molecule has 0 saturated heterocycles. The smallest absolute Gasteiger partial charge is 0.0996 e. The molecule has 5 N–H and O–H groups in total. The lowest BCUT2D eigenvalue weighted by atomic mass is 9.92. The number of hydrogen-bond acceptors (Lipinski definition) is 1. The second kappa shape index (κ2) is 2.46. The van der Waals surface area contributed by atoms with Gasteiger partial charge in [-0.05, 0) is 12.8 Å². The van der Waals surface area contributed by atoms with Gasteiger partial charge in [0.2, 0.25) is 0 Å². The van der Waals surface area contributed by atoms with Crippen molar-refractivity contribution in [1.82, 2.24) is 0 Å². The minimum absolute atomic E-state index is 0.392. The molecule has 1 rings (SSSR count). The summed E-state index contributed by atoms with van der Waals surface area (Å²) in [5.41, 5.74) is 9.67. The van der Waals surface area contributed by atoms with E-state index in [1.165, 1.54) is 25.7 Å². The molecule has 0 radical (unpaired) electrons. The zero-order chi connectivity index (χ0) is 5.98. The number of hydrogen-bond donors (Lipinski definition) is 2. The van der Waals surface area contributed by atoms with Gasteiger partial charge in [-0.2, -0.15) is 0 Å². The van der Waals surface area contributed by atoms with Crippen molar-refractivity contribution in [1.29, 1.82) is 0 Å². The summed E-state index contributed by atoms with van der Waals surface area (Å²) in [6.45, 7) is 0. The molecule has 0 aromatic heterocycles. The van der Waals surface area contributed by atoms with Crippen LogP contribution in [0.3, 0.4) is 0 Å². The molecule has 2 heteroatoms. The lowest BCUT2D eigenvalue weighted by molar-refractivity contribution is -0.429. The van der Waals surface area contributed by atoms with E-state index in [-0.39, 0.29) is 0 Å². The molecule has 1 aliphatic rings. The highest BCUT2D eigenvalue weighted by atomic mass is 14.8. The predicted octanol–water partition coefficient (Wildman–Crippen LogP) is -0.502. The molecule has 1 aliphatic carbocycles. The molecule has 0 heterocycles. The van der Waals surface area contributed by atoms with Gasteiger partial charge in [-0.1, -0.05) is 6.42 Å². The van der Waals surface area contributed by atoms with E-state index in [1.54, 1.807) is 0 Å². The topological polar surface area (TPSA) is 53.7 Å². The van der Waals surface area contributed by atoms with Gasteiger partial charge in [0.25, 0.3) is 0 Å². The SMILES string of the molecule is N[C@@H]1CCCC[C@H]1[NH3+]. The van der Waals surface area contributed by atoms with Gasteiger partial charge in [-0.25, -0.2) is 0 Å². The summed E-state index contributed by atoms with van der Waals surface area (Å²) in [4.78, 5) is 0. The number of nitrogens with two attached hydrogens (primary N) is 1. The zero-order valence-electron chi connectivity index (χ0n) is 5.27. The molecule has 0 unspecified atom stereocenters. The van der Waals surface area contributed by atoms with Crippen molar-refractivity contribution in [2.24, 2.45) is 5.73 Å². The fraction of sp³-hybridized carbons (Fsp3) is 1.00. The molecule has 1 saturated carbocycles. The van der Waals surface area contributed by atoms with Crippen molar-refractivity contribution >= 4 is 0 Å². The molecule has 8 heavy (non-hydrogen) atoms. The average Bonchev–Trinajstić information content (AvgIpc) is 1.77. The fourth-order valence-electron chi connectivity index (χ4n) is 1.24. The molecular weight excluding hydrogens is 100 g/mol. The number of rotatable bonds is 0. The molecule has 1 fully saturated rings. The van der Waals surface area contributed by atoms with Gasteiger partial charge in [0, 0.05) is 6.42 Å².